The first kappa shape index (κ1) is 30.5. The van der Waals surface area contributed by atoms with E-state index in [1.807, 2.05) is 36.9 Å². The summed E-state index contributed by atoms with van der Waals surface area (Å²) in [7, 11) is 0. The lowest BCUT2D eigenvalue weighted by Gasteiger charge is -2.14. The van der Waals surface area contributed by atoms with E-state index in [1.165, 1.54) is 66.3 Å². The number of hydrogen-bond acceptors (Lipinski definition) is 2. The van der Waals surface area contributed by atoms with Crippen LogP contribution in [0.5, 0.6) is 0 Å². The van der Waals surface area contributed by atoms with E-state index in [4.69, 9.17) is 0 Å². The van der Waals surface area contributed by atoms with E-state index >= 15 is 0 Å². The van der Waals surface area contributed by atoms with Crippen LogP contribution in [0.1, 0.15) is 6.92 Å². The first-order valence-corrected chi connectivity index (χ1v) is 17.5. The summed E-state index contributed by atoms with van der Waals surface area (Å²) in [5, 5.41) is 4.92. The van der Waals surface area contributed by atoms with Gasteiger partial charge in [0.15, 0.2) is 0 Å². The maximum atomic E-state index is 4.37. The van der Waals surface area contributed by atoms with Gasteiger partial charge in [-0.1, -0.05) is 133 Å². The Morgan fingerprint density at radius 3 is 1.16 bits per heavy atom. The molecule has 0 unspecified atom stereocenters. The Hall–Kier alpha value is -6.58. The van der Waals surface area contributed by atoms with E-state index in [0.717, 1.165) is 28.8 Å². The van der Waals surface area contributed by atoms with Crippen LogP contribution in [0.4, 0.5) is 0 Å². The minimum atomic E-state index is 0.799. The van der Waals surface area contributed by atoms with Crippen molar-refractivity contribution in [2.45, 2.75) is 13.5 Å². The van der Waals surface area contributed by atoms with Crippen LogP contribution >= 0.6 is 0 Å². The van der Waals surface area contributed by atoms with Crippen molar-refractivity contribution in [3.63, 3.8) is 0 Å². The second-order valence-electron chi connectivity index (χ2n) is 13.0. The molecule has 0 bridgehead atoms. The molecule has 3 aromatic heterocycles. The Kier molecular flexibility index (Phi) is 7.79. The molecule has 3 nitrogen and oxygen atoms in total. The number of aromatic nitrogens is 3. The third-order valence-electron chi connectivity index (χ3n) is 9.96. The molecule has 51 heavy (non-hydrogen) atoms. The second-order valence-corrected chi connectivity index (χ2v) is 13.0. The molecule has 3 heteroatoms. The summed E-state index contributed by atoms with van der Waals surface area (Å²) in [4.78, 5) is 8.74. The van der Waals surface area contributed by atoms with Crippen molar-refractivity contribution in [2.75, 3.05) is 0 Å². The highest BCUT2D eigenvalue weighted by atomic mass is 15.0. The van der Waals surface area contributed by atoms with Gasteiger partial charge < -0.3 is 4.57 Å². The molecule has 0 N–H and O–H groups in total. The van der Waals surface area contributed by atoms with Gasteiger partial charge in [0.2, 0.25) is 0 Å². The van der Waals surface area contributed by atoms with Crippen LogP contribution in [-0.4, -0.2) is 14.5 Å². The molecule has 0 amide bonds. The standard InChI is InChI=1S/C48H35N3/c1-2-51-47(37-21-15-35(16-22-37)43-13-7-27-49-31-43)45(41-25-19-33-9-3-5-11-39(33)29-41)46(42-26-20-34-10-4-6-12-40(34)30-42)48(51)38-23-17-36(18-24-38)44-14-8-28-50-32-44/h3-32H,2H2,1H3. The van der Waals surface area contributed by atoms with Crippen LogP contribution in [-0.2, 0) is 6.54 Å². The topological polar surface area (TPSA) is 30.7 Å². The molecule has 242 valence electrons. The zero-order valence-corrected chi connectivity index (χ0v) is 28.4. The van der Waals surface area contributed by atoms with Crippen LogP contribution < -0.4 is 0 Å². The van der Waals surface area contributed by atoms with Crippen LogP contribution in [0.2, 0.25) is 0 Å². The van der Waals surface area contributed by atoms with E-state index in [0.29, 0.717) is 0 Å². The smallest absolute Gasteiger partial charge is 0.0571 e. The van der Waals surface area contributed by atoms with E-state index in [1.54, 1.807) is 0 Å². The first-order chi connectivity index (χ1) is 25.2. The first-order valence-electron chi connectivity index (χ1n) is 17.5. The summed E-state index contributed by atoms with van der Waals surface area (Å²) in [6.07, 6.45) is 7.49. The summed E-state index contributed by atoms with van der Waals surface area (Å²) in [5.74, 6) is 0. The molecular weight excluding hydrogens is 619 g/mol. The van der Waals surface area contributed by atoms with Gasteiger partial charge in [-0.25, -0.2) is 0 Å². The number of benzene rings is 6. The summed E-state index contributed by atoms with van der Waals surface area (Å²) in [6.45, 7) is 3.06. The lowest BCUT2D eigenvalue weighted by molar-refractivity contribution is 0.785. The van der Waals surface area contributed by atoms with Crippen LogP contribution in [0.25, 0.3) is 88.6 Å². The van der Waals surface area contributed by atoms with Gasteiger partial charge in [-0.15, -0.1) is 0 Å². The molecule has 0 saturated carbocycles. The Labute approximate surface area is 298 Å². The van der Waals surface area contributed by atoms with Gasteiger partial charge in [0.05, 0.1) is 11.4 Å². The maximum absolute atomic E-state index is 4.37. The molecule has 0 atom stereocenters. The molecule has 0 aliphatic heterocycles. The van der Waals surface area contributed by atoms with E-state index < -0.39 is 0 Å². The summed E-state index contributed by atoms with van der Waals surface area (Å²) in [6, 6.07) is 57.3. The van der Waals surface area contributed by atoms with Crippen molar-refractivity contribution in [2.24, 2.45) is 0 Å². The van der Waals surface area contributed by atoms with E-state index in [9.17, 15) is 0 Å². The number of rotatable bonds is 7. The largest absolute Gasteiger partial charge is 0.340 e. The van der Waals surface area contributed by atoms with Crippen molar-refractivity contribution < 1.29 is 0 Å². The quantitative estimate of drug-likeness (QED) is 0.171. The van der Waals surface area contributed by atoms with Crippen molar-refractivity contribution in [3.8, 4) is 67.0 Å². The lowest BCUT2D eigenvalue weighted by atomic mass is 9.89. The van der Waals surface area contributed by atoms with Gasteiger partial charge >= 0.3 is 0 Å². The Morgan fingerprint density at radius 1 is 0.373 bits per heavy atom. The van der Waals surface area contributed by atoms with Gasteiger partial charge in [-0.2, -0.15) is 0 Å². The fourth-order valence-corrected chi connectivity index (χ4v) is 7.49. The molecule has 0 aliphatic carbocycles. The molecule has 6 aromatic carbocycles. The third kappa shape index (κ3) is 5.59. The summed E-state index contributed by atoms with van der Waals surface area (Å²) in [5.41, 5.74) is 14.1. The third-order valence-corrected chi connectivity index (χ3v) is 9.96. The predicted octanol–water partition coefficient (Wildman–Crippen LogP) is 12.6. The van der Waals surface area contributed by atoms with Gasteiger partial charge in [-0.3, -0.25) is 9.97 Å². The van der Waals surface area contributed by atoms with Gasteiger partial charge in [0.1, 0.15) is 0 Å². The molecule has 0 spiro atoms. The molecule has 3 heterocycles. The zero-order chi connectivity index (χ0) is 34.1. The summed E-state index contributed by atoms with van der Waals surface area (Å²) < 4.78 is 2.52. The van der Waals surface area contributed by atoms with E-state index in [2.05, 4.69) is 167 Å². The van der Waals surface area contributed by atoms with Gasteiger partial charge in [-0.05, 0) is 97.2 Å². The fraction of sp³-hybridized carbons (Fsp3) is 0.0417. The average Bonchev–Trinajstić information content (AvgIpc) is 3.56. The second kappa shape index (κ2) is 13.0. The number of fused-ring (bicyclic) bond motifs is 2. The van der Waals surface area contributed by atoms with Crippen LogP contribution in [0.15, 0.2) is 183 Å². The highest BCUT2D eigenvalue weighted by Gasteiger charge is 2.27. The van der Waals surface area contributed by atoms with Crippen molar-refractivity contribution in [1.82, 2.24) is 14.5 Å². The Bertz CT molecular complexity index is 2450. The van der Waals surface area contributed by atoms with Gasteiger partial charge in [0.25, 0.3) is 0 Å². The number of nitrogens with zero attached hydrogens (tertiary/aromatic N) is 3. The van der Waals surface area contributed by atoms with Gasteiger partial charge in [0, 0.05) is 42.5 Å². The molecule has 0 aliphatic rings. The minimum absolute atomic E-state index is 0.799. The minimum Gasteiger partial charge on any atom is -0.340 e. The maximum Gasteiger partial charge on any atom is 0.0571 e. The molecular formula is C48H35N3. The normalized spacial score (nSPS) is 11.3. The Morgan fingerprint density at radius 2 is 0.765 bits per heavy atom. The van der Waals surface area contributed by atoms with Crippen LogP contribution in [0, 0.1) is 0 Å². The summed E-state index contributed by atoms with van der Waals surface area (Å²) >= 11 is 0. The molecule has 0 saturated heterocycles. The lowest BCUT2D eigenvalue weighted by Crippen LogP contribution is -2.00. The highest BCUT2D eigenvalue weighted by molar-refractivity contribution is 6.05. The van der Waals surface area contributed by atoms with Crippen molar-refractivity contribution >= 4 is 21.5 Å². The monoisotopic (exact) mass is 653 g/mol. The van der Waals surface area contributed by atoms with Crippen LogP contribution in [0.3, 0.4) is 0 Å². The van der Waals surface area contributed by atoms with Crippen molar-refractivity contribution in [1.29, 1.82) is 0 Å². The molecule has 0 radical (unpaired) electrons. The van der Waals surface area contributed by atoms with E-state index in [-0.39, 0.29) is 0 Å². The number of pyridine rings is 2. The Balaban J connectivity index is 1.35. The molecule has 9 aromatic rings. The van der Waals surface area contributed by atoms with Crippen molar-refractivity contribution in [3.05, 3.63) is 183 Å². The zero-order valence-electron chi connectivity index (χ0n) is 28.4. The fourth-order valence-electron chi connectivity index (χ4n) is 7.49. The molecule has 9 rings (SSSR count). The predicted molar refractivity (Wildman–Crippen MR) is 213 cm³/mol. The molecule has 0 fully saturated rings. The SMILES string of the molecule is CCn1c(-c2ccc(-c3cccnc3)cc2)c(-c2ccc3ccccc3c2)c(-c2ccc3ccccc3c2)c1-c1ccc(-c2cccnc2)cc1. The average molecular weight is 654 g/mol. The number of hydrogen-bond donors (Lipinski definition) is 0. The highest BCUT2D eigenvalue weighted by Crippen LogP contribution is 2.49.